The highest BCUT2D eigenvalue weighted by Crippen LogP contribution is 2.49. The number of hydrogen-bond acceptors (Lipinski definition) is 3. The summed E-state index contributed by atoms with van der Waals surface area (Å²) in [7, 11) is 1.50. The summed E-state index contributed by atoms with van der Waals surface area (Å²) in [5, 5.41) is 10.4. The van der Waals surface area contributed by atoms with Crippen molar-refractivity contribution in [1.82, 2.24) is 0 Å². The Hall–Kier alpha value is -1.50. The van der Waals surface area contributed by atoms with Crippen LogP contribution in [0.15, 0.2) is 24.3 Å². The van der Waals surface area contributed by atoms with Crippen LogP contribution < -0.4 is 10.5 Å². The maximum absolute atomic E-state index is 10.4. The van der Waals surface area contributed by atoms with Crippen molar-refractivity contribution in [2.24, 2.45) is 5.73 Å². The van der Waals surface area contributed by atoms with Gasteiger partial charge in [0.05, 0.1) is 0 Å². The van der Waals surface area contributed by atoms with E-state index in [1.54, 1.807) is 0 Å². The van der Waals surface area contributed by atoms with Crippen LogP contribution in [0.4, 0.5) is 0 Å². The molecule has 1 aliphatic carbocycles. The van der Waals surface area contributed by atoms with Gasteiger partial charge in [-0.1, -0.05) is 18.2 Å². The van der Waals surface area contributed by atoms with E-state index in [0.717, 1.165) is 30.6 Å². The second-order valence-corrected chi connectivity index (χ2v) is 3.92. The summed E-state index contributed by atoms with van der Waals surface area (Å²) in [6.45, 7) is 0. The molecule has 0 amide bonds. The van der Waals surface area contributed by atoms with Crippen molar-refractivity contribution in [2.75, 3.05) is 7.05 Å². The molecule has 1 aromatic rings. The van der Waals surface area contributed by atoms with Crippen LogP contribution in [0, 0.1) is 12.8 Å². The van der Waals surface area contributed by atoms with E-state index in [1.807, 2.05) is 24.3 Å². The largest absolute Gasteiger partial charge is 0.487 e. The zero-order chi connectivity index (χ0) is 12.9. The summed E-state index contributed by atoms with van der Waals surface area (Å²) >= 11 is 0. The van der Waals surface area contributed by atoms with Gasteiger partial charge in [-0.3, -0.25) is 0 Å². The maximum Gasteiger partial charge on any atom is 0.132 e. The van der Waals surface area contributed by atoms with Gasteiger partial charge in [0.25, 0.3) is 0 Å². The number of fused-ring (bicyclic) bond motifs is 3. The van der Waals surface area contributed by atoms with Gasteiger partial charge in [0.1, 0.15) is 17.5 Å². The van der Waals surface area contributed by atoms with Gasteiger partial charge in [-0.25, -0.2) is 0 Å². The molecule has 3 nitrogen and oxygen atoms in total. The molecule has 92 valence electrons. The molecule has 1 saturated carbocycles. The molecular weight excluding hydrogens is 214 g/mol. The van der Waals surface area contributed by atoms with Gasteiger partial charge in [-0.15, -0.1) is 12.8 Å². The van der Waals surface area contributed by atoms with E-state index in [2.05, 4.69) is 18.6 Å². The Balaban J connectivity index is 0.000000330. The molecule has 2 atom stereocenters. The zero-order valence-corrected chi connectivity index (χ0v) is 10.1. The molecule has 3 N–H and O–H groups in total. The van der Waals surface area contributed by atoms with Crippen molar-refractivity contribution in [2.45, 2.75) is 31.0 Å². The molecule has 17 heavy (non-hydrogen) atoms. The Labute approximate surface area is 103 Å². The predicted octanol–water partition coefficient (Wildman–Crippen LogP) is 1.64. The van der Waals surface area contributed by atoms with Crippen molar-refractivity contribution in [3.8, 4) is 18.6 Å². The van der Waals surface area contributed by atoms with Crippen molar-refractivity contribution < 1.29 is 9.84 Å². The Morgan fingerprint density at radius 2 is 2.00 bits per heavy atom. The molecular formula is C14H19NO2. The van der Waals surface area contributed by atoms with Crippen molar-refractivity contribution in [3.05, 3.63) is 29.8 Å². The van der Waals surface area contributed by atoms with Crippen LogP contribution in [-0.4, -0.2) is 18.3 Å². The maximum atomic E-state index is 10.4. The van der Waals surface area contributed by atoms with Gasteiger partial charge in [0.2, 0.25) is 0 Å². The van der Waals surface area contributed by atoms with E-state index in [9.17, 15) is 5.11 Å². The van der Waals surface area contributed by atoms with Crippen molar-refractivity contribution in [3.63, 3.8) is 0 Å². The summed E-state index contributed by atoms with van der Waals surface area (Å²) in [6.07, 6.45) is 10.9. The molecule has 0 spiro atoms. The first-order valence-corrected chi connectivity index (χ1v) is 5.70. The molecule has 3 rings (SSSR count). The lowest BCUT2D eigenvalue weighted by Gasteiger charge is -2.20. The smallest absolute Gasteiger partial charge is 0.132 e. The molecule has 1 fully saturated rings. The molecule has 0 bridgehead atoms. The summed E-state index contributed by atoms with van der Waals surface area (Å²) in [5.41, 5.74) is 4.80. The molecule has 3 heteroatoms. The molecule has 1 aliphatic heterocycles. The van der Waals surface area contributed by atoms with E-state index in [4.69, 9.17) is 4.74 Å². The third-order valence-electron chi connectivity index (χ3n) is 3.18. The first-order valence-electron chi connectivity index (χ1n) is 5.70. The highest BCUT2D eigenvalue weighted by atomic mass is 16.5. The topological polar surface area (TPSA) is 55.5 Å². The molecule has 0 aromatic heterocycles. The summed E-state index contributed by atoms with van der Waals surface area (Å²) in [5.74, 6) is 0.870. The predicted molar refractivity (Wildman–Crippen MR) is 68.6 cm³/mol. The van der Waals surface area contributed by atoms with E-state index in [-0.39, 0.29) is 6.10 Å². The minimum absolute atomic E-state index is 0.00454. The lowest BCUT2D eigenvalue weighted by Crippen LogP contribution is -2.32. The lowest BCUT2D eigenvalue weighted by molar-refractivity contribution is -0.0169. The molecule has 1 aromatic carbocycles. The number of benzene rings is 1. The number of hydrogen-bond donors (Lipinski definition) is 2. The fourth-order valence-corrected chi connectivity index (χ4v) is 2.50. The fourth-order valence-electron chi connectivity index (χ4n) is 2.50. The van der Waals surface area contributed by atoms with Crippen molar-refractivity contribution in [1.29, 1.82) is 0 Å². The average Bonchev–Trinajstić information content (AvgIpc) is 2.89. The zero-order valence-electron chi connectivity index (χ0n) is 10.1. The fraction of sp³-hybridized carbons (Fsp3) is 0.429. The van der Waals surface area contributed by atoms with Crippen LogP contribution >= 0.6 is 0 Å². The molecule has 1 heterocycles. The normalized spacial score (nSPS) is 27.5. The molecule has 0 radical (unpaired) electrons. The number of aliphatic hydroxyl groups is 1. The number of ether oxygens (including phenoxy) is 1. The Morgan fingerprint density at radius 1 is 1.35 bits per heavy atom. The molecule has 2 aliphatic rings. The van der Waals surface area contributed by atoms with Gasteiger partial charge in [0, 0.05) is 5.56 Å². The van der Waals surface area contributed by atoms with Gasteiger partial charge in [0.15, 0.2) is 0 Å². The summed E-state index contributed by atoms with van der Waals surface area (Å²) < 4.78 is 5.68. The van der Waals surface area contributed by atoms with E-state index < -0.39 is 5.60 Å². The number of terminal acetylenes is 1. The Bertz CT molecular complexity index is 389. The highest BCUT2D eigenvalue weighted by Gasteiger charge is 2.50. The average molecular weight is 233 g/mol. The van der Waals surface area contributed by atoms with Crippen LogP contribution in [0.2, 0.25) is 0 Å². The van der Waals surface area contributed by atoms with Gasteiger partial charge < -0.3 is 15.6 Å². The quantitative estimate of drug-likeness (QED) is 0.670. The monoisotopic (exact) mass is 233 g/mol. The molecule has 0 saturated heterocycles. The van der Waals surface area contributed by atoms with E-state index >= 15 is 0 Å². The first-order chi connectivity index (χ1) is 8.31. The van der Waals surface area contributed by atoms with Crippen molar-refractivity contribution >= 4 is 0 Å². The Kier molecular flexibility index (Phi) is 4.56. The standard InChI is InChI=1S/C11H12O2.C2H2.CH5N/c12-11-7-3-6-10(11)13-9-5-2-1-4-8(9)11;2*1-2/h1-2,4-5,10,12H,3,6-7H2;1-2H;2H2,1H3/t10?,11-;;/m1../s1. The van der Waals surface area contributed by atoms with Crippen LogP contribution in [-0.2, 0) is 5.60 Å². The minimum atomic E-state index is -0.684. The minimum Gasteiger partial charge on any atom is -0.487 e. The third kappa shape index (κ3) is 2.14. The Morgan fingerprint density at radius 3 is 2.71 bits per heavy atom. The van der Waals surface area contributed by atoms with Crippen LogP contribution in [0.1, 0.15) is 24.8 Å². The second-order valence-electron chi connectivity index (χ2n) is 3.92. The van der Waals surface area contributed by atoms with Gasteiger partial charge >= 0.3 is 0 Å². The number of rotatable bonds is 0. The first kappa shape index (κ1) is 13.6. The third-order valence-corrected chi connectivity index (χ3v) is 3.18. The number of para-hydroxylation sites is 1. The second kappa shape index (κ2) is 5.72. The highest BCUT2D eigenvalue weighted by molar-refractivity contribution is 5.43. The van der Waals surface area contributed by atoms with Crippen LogP contribution in [0.5, 0.6) is 5.75 Å². The SMILES string of the molecule is C#C.CN.O[C@@]12CCCC1Oc1ccccc12. The van der Waals surface area contributed by atoms with Gasteiger partial charge in [-0.05, 0) is 32.4 Å². The lowest BCUT2D eigenvalue weighted by atomic mass is 9.92. The summed E-state index contributed by atoms with van der Waals surface area (Å²) in [6, 6.07) is 7.82. The van der Waals surface area contributed by atoms with Gasteiger partial charge in [-0.2, -0.15) is 0 Å². The summed E-state index contributed by atoms with van der Waals surface area (Å²) in [4.78, 5) is 0. The van der Waals surface area contributed by atoms with E-state index in [0.29, 0.717) is 0 Å². The van der Waals surface area contributed by atoms with Crippen LogP contribution in [0.25, 0.3) is 0 Å². The number of nitrogens with two attached hydrogens (primary N) is 1. The van der Waals surface area contributed by atoms with Crippen LogP contribution in [0.3, 0.4) is 0 Å². The van der Waals surface area contributed by atoms with E-state index in [1.165, 1.54) is 7.05 Å². The molecule has 1 unspecified atom stereocenters.